The lowest BCUT2D eigenvalue weighted by Crippen LogP contribution is -2.01. The number of rotatable bonds is 3. The minimum Gasteiger partial charge on any atom is -0.380 e. The zero-order valence-corrected chi connectivity index (χ0v) is 11.0. The maximum atomic E-state index is 13.2. The highest BCUT2D eigenvalue weighted by molar-refractivity contribution is 6.30. The van der Waals surface area contributed by atoms with E-state index < -0.39 is 5.82 Å². The molecule has 0 spiro atoms. The van der Waals surface area contributed by atoms with Crippen molar-refractivity contribution < 1.29 is 4.39 Å². The van der Waals surface area contributed by atoms with Crippen molar-refractivity contribution in [3.05, 3.63) is 58.1 Å². The first-order valence-electron chi connectivity index (χ1n) is 5.64. The molecule has 0 saturated carbocycles. The van der Waals surface area contributed by atoms with E-state index in [1.807, 2.05) is 19.1 Å². The Balaban J connectivity index is 2.10. The Labute approximate surface area is 115 Å². The maximum absolute atomic E-state index is 13.2. The summed E-state index contributed by atoms with van der Waals surface area (Å²) in [5, 5.41) is 12.4. The van der Waals surface area contributed by atoms with Gasteiger partial charge in [0.15, 0.2) is 0 Å². The van der Waals surface area contributed by atoms with Gasteiger partial charge in [-0.15, -0.1) is 0 Å². The third-order valence-corrected chi connectivity index (χ3v) is 3.06. The molecule has 1 aromatic carbocycles. The van der Waals surface area contributed by atoms with Crippen LogP contribution in [0.1, 0.15) is 16.7 Å². The highest BCUT2D eigenvalue weighted by atomic mass is 35.5. The Morgan fingerprint density at radius 1 is 1.42 bits per heavy atom. The Bertz CT molecular complexity index is 650. The highest BCUT2D eigenvalue weighted by Crippen LogP contribution is 2.17. The number of hydrogen-bond acceptors (Lipinski definition) is 3. The first kappa shape index (κ1) is 13.3. The zero-order chi connectivity index (χ0) is 13.8. The van der Waals surface area contributed by atoms with E-state index in [4.69, 9.17) is 16.9 Å². The minimum atomic E-state index is -0.504. The van der Waals surface area contributed by atoms with Crippen LogP contribution in [-0.4, -0.2) is 4.98 Å². The molecule has 1 heterocycles. The fraction of sp³-hybridized carbons (Fsp3) is 0.143. The molecule has 2 rings (SSSR count). The van der Waals surface area contributed by atoms with Gasteiger partial charge in [0.2, 0.25) is 0 Å². The van der Waals surface area contributed by atoms with E-state index in [0.717, 1.165) is 16.8 Å². The number of anilines is 1. The molecular formula is C14H11ClFN3. The highest BCUT2D eigenvalue weighted by Gasteiger charge is 2.03. The van der Waals surface area contributed by atoms with Gasteiger partial charge in [0.05, 0.1) is 17.4 Å². The van der Waals surface area contributed by atoms with E-state index in [9.17, 15) is 4.39 Å². The van der Waals surface area contributed by atoms with Gasteiger partial charge in [0.25, 0.3) is 0 Å². The molecule has 0 saturated heterocycles. The van der Waals surface area contributed by atoms with Crippen molar-refractivity contribution in [1.29, 1.82) is 5.26 Å². The van der Waals surface area contributed by atoms with Gasteiger partial charge in [0.1, 0.15) is 17.0 Å². The molecule has 2 aromatic rings. The van der Waals surface area contributed by atoms with E-state index in [2.05, 4.69) is 10.3 Å². The van der Waals surface area contributed by atoms with E-state index in [1.165, 1.54) is 12.1 Å². The molecule has 0 bridgehead atoms. The van der Waals surface area contributed by atoms with Crippen molar-refractivity contribution in [1.82, 2.24) is 4.98 Å². The summed E-state index contributed by atoms with van der Waals surface area (Å²) in [4.78, 5) is 4.03. The second-order valence-electron chi connectivity index (χ2n) is 4.11. The number of aryl methyl sites for hydroxylation is 1. The molecule has 0 aliphatic rings. The van der Waals surface area contributed by atoms with Crippen LogP contribution in [0.3, 0.4) is 0 Å². The number of nitriles is 1. The summed E-state index contributed by atoms with van der Waals surface area (Å²) in [5.41, 5.74) is 2.57. The lowest BCUT2D eigenvalue weighted by molar-refractivity contribution is 0.623. The second-order valence-corrected chi connectivity index (χ2v) is 4.47. The van der Waals surface area contributed by atoms with Crippen LogP contribution in [0, 0.1) is 24.1 Å². The largest absolute Gasteiger partial charge is 0.380 e. The molecule has 0 fully saturated rings. The number of hydrogen-bond donors (Lipinski definition) is 1. The van der Waals surface area contributed by atoms with Gasteiger partial charge in [-0.25, -0.2) is 9.37 Å². The molecule has 0 unspecified atom stereocenters. The molecule has 19 heavy (non-hydrogen) atoms. The van der Waals surface area contributed by atoms with Crippen LogP contribution in [0.2, 0.25) is 5.15 Å². The molecule has 5 heteroatoms. The van der Waals surface area contributed by atoms with Crippen LogP contribution in [0.15, 0.2) is 30.5 Å². The second kappa shape index (κ2) is 5.68. The smallest absolute Gasteiger partial charge is 0.140 e. The average molecular weight is 276 g/mol. The predicted molar refractivity (Wildman–Crippen MR) is 72.4 cm³/mol. The SMILES string of the molecule is Cc1cc(NCc2ccc(F)c(C#N)c2)cnc1Cl. The number of aromatic nitrogens is 1. The Morgan fingerprint density at radius 2 is 2.21 bits per heavy atom. The van der Waals surface area contributed by atoms with E-state index in [0.29, 0.717) is 11.7 Å². The van der Waals surface area contributed by atoms with Crippen molar-refractivity contribution in [2.45, 2.75) is 13.5 Å². The quantitative estimate of drug-likeness (QED) is 0.870. The Hall–Kier alpha value is -2.12. The molecule has 96 valence electrons. The molecule has 0 aliphatic carbocycles. The van der Waals surface area contributed by atoms with Crippen molar-refractivity contribution in [2.24, 2.45) is 0 Å². The van der Waals surface area contributed by atoms with Gasteiger partial charge in [-0.2, -0.15) is 5.26 Å². The lowest BCUT2D eigenvalue weighted by Gasteiger charge is -2.08. The van der Waals surface area contributed by atoms with Crippen molar-refractivity contribution >= 4 is 17.3 Å². The van der Waals surface area contributed by atoms with Gasteiger partial charge in [-0.05, 0) is 36.2 Å². The predicted octanol–water partition coefficient (Wildman–Crippen LogP) is 3.67. The van der Waals surface area contributed by atoms with Gasteiger partial charge < -0.3 is 5.32 Å². The first-order valence-corrected chi connectivity index (χ1v) is 6.02. The monoisotopic (exact) mass is 275 g/mol. The maximum Gasteiger partial charge on any atom is 0.140 e. The summed E-state index contributed by atoms with van der Waals surface area (Å²) >= 11 is 5.84. The molecule has 1 N–H and O–H groups in total. The fourth-order valence-electron chi connectivity index (χ4n) is 1.63. The zero-order valence-electron chi connectivity index (χ0n) is 10.2. The normalized spacial score (nSPS) is 10.0. The van der Waals surface area contributed by atoms with Crippen molar-refractivity contribution in [3.8, 4) is 6.07 Å². The minimum absolute atomic E-state index is 0.0460. The van der Waals surface area contributed by atoms with Crippen LogP contribution in [0.5, 0.6) is 0 Å². The van der Waals surface area contributed by atoms with Crippen molar-refractivity contribution in [3.63, 3.8) is 0 Å². The summed E-state index contributed by atoms with van der Waals surface area (Å²) < 4.78 is 13.2. The van der Waals surface area contributed by atoms with E-state index >= 15 is 0 Å². The fourth-order valence-corrected chi connectivity index (χ4v) is 1.73. The topological polar surface area (TPSA) is 48.7 Å². The number of benzene rings is 1. The van der Waals surface area contributed by atoms with Crippen molar-refractivity contribution in [2.75, 3.05) is 5.32 Å². The molecule has 0 radical (unpaired) electrons. The number of pyridine rings is 1. The molecule has 0 amide bonds. The molecule has 3 nitrogen and oxygen atoms in total. The van der Waals surface area contributed by atoms with Gasteiger partial charge >= 0.3 is 0 Å². The lowest BCUT2D eigenvalue weighted by atomic mass is 10.1. The standard InChI is InChI=1S/C14H11ClFN3/c1-9-4-12(8-19-14(9)15)18-7-10-2-3-13(16)11(5-10)6-17/h2-5,8,18H,7H2,1H3. The summed E-state index contributed by atoms with van der Waals surface area (Å²) in [7, 11) is 0. The number of halogens is 2. The van der Waals surface area contributed by atoms with Gasteiger partial charge in [-0.1, -0.05) is 17.7 Å². The van der Waals surface area contributed by atoms with Crippen LogP contribution in [-0.2, 0) is 6.54 Å². The summed E-state index contributed by atoms with van der Waals surface area (Å²) in [6, 6.07) is 8.15. The Kier molecular flexibility index (Phi) is 3.98. The van der Waals surface area contributed by atoms with Crippen LogP contribution >= 0.6 is 11.6 Å². The molecule has 0 atom stereocenters. The van der Waals surface area contributed by atoms with Gasteiger partial charge in [-0.3, -0.25) is 0 Å². The van der Waals surface area contributed by atoms with Crippen LogP contribution < -0.4 is 5.32 Å². The molecular weight excluding hydrogens is 265 g/mol. The van der Waals surface area contributed by atoms with Crippen LogP contribution in [0.25, 0.3) is 0 Å². The average Bonchev–Trinajstić information content (AvgIpc) is 2.41. The Morgan fingerprint density at radius 3 is 2.89 bits per heavy atom. The number of nitrogens with one attached hydrogen (secondary N) is 1. The molecule has 0 aliphatic heterocycles. The third-order valence-electron chi connectivity index (χ3n) is 2.66. The van der Waals surface area contributed by atoms with E-state index in [1.54, 1.807) is 12.3 Å². The van der Waals surface area contributed by atoms with E-state index in [-0.39, 0.29) is 5.56 Å². The molecule has 1 aromatic heterocycles. The summed E-state index contributed by atoms with van der Waals surface area (Å²) in [5.74, 6) is -0.504. The summed E-state index contributed by atoms with van der Waals surface area (Å²) in [6.07, 6.45) is 1.63. The summed E-state index contributed by atoms with van der Waals surface area (Å²) in [6.45, 7) is 2.35. The first-order chi connectivity index (χ1) is 9.10. The van der Waals surface area contributed by atoms with Gasteiger partial charge in [0, 0.05) is 6.54 Å². The van der Waals surface area contributed by atoms with Crippen LogP contribution in [0.4, 0.5) is 10.1 Å². The number of nitrogens with zero attached hydrogens (tertiary/aromatic N) is 2. The third kappa shape index (κ3) is 3.21.